The van der Waals surface area contributed by atoms with Crippen LogP contribution in [0.3, 0.4) is 0 Å². The first-order valence-corrected chi connectivity index (χ1v) is 4.10. The van der Waals surface area contributed by atoms with Crippen molar-refractivity contribution in [3.05, 3.63) is 30.2 Å². The Bertz CT molecular complexity index is 395. The molecule has 2 aromatic heterocycles. The zero-order chi connectivity index (χ0) is 9.47. The fourth-order valence-corrected chi connectivity index (χ4v) is 1.13. The lowest BCUT2D eigenvalue weighted by molar-refractivity contribution is 0.0735. The number of hydrogen-bond donors (Lipinski definition) is 1. The summed E-state index contributed by atoms with van der Waals surface area (Å²) in [7, 11) is 0. The molecule has 0 spiro atoms. The first-order chi connectivity index (χ1) is 6.07. The molecule has 0 unspecified atom stereocenters. The van der Waals surface area contributed by atoms with Gasteiger partial charge >= 0.3 is 0 Å². The van der Waals surface area contributed by atoms with E-state index in [9.17, 15) is 5.11 Å². The third-order valence-electron chi connectivity index (χ3n) is 1.86. The molecule has 4 heteroatoms. The second-order valence-electron chi connectivity index (χ2n) is 3.51. The minimum absolute atomic E-state index is 0.631. The highest BCUT2D eigenvalue weighted by Gasteiger charge is 2.19. The van der Waals surface area contributed by atoms with Gasteiger partial charge in [0.05, 0.1) is 5.69 Å². The van der Waals surface area contributed by atoms with Crippen molar-refractivity contribution in [3.63, 3.8) is 0 Å². The van der Waals surface area contributed by atoms with Gasteiger partial charge in [-0.1, -0.05) is 0 Å². The van der Waals surface area contributed by atoms with Gasteiger partial charge < -0.3 is 5.11 Å². The molecular formula is C9H11N3O. The van der Waals surface area contributed by atoms with E-state index >= 15 is 0 Å². The molecule has 0 aromatic carbocycles. The van der Waals surface area contributed by atoms with Gasteiger partial charge in [0.25, 0.3) is 0 Å². The standard InChI is InChI=1S/C9H11N3O/c1-9(2,13)7-6-8-10-4-3-5-12(8)11-7/h3-6,13H,1-2H3. The van der Waals surface area contributed by atoms with Gasteiger partial charge in [-0.05, 0) is 19.9 Å². The van der Waals surface area contributed by atoms with E-state index < -0.39 is 5.60 Å². The van der Waals surface area contributed by atoms with Crippen molar-refractivity contribution in [2.24, 2.45) is 0 Å². The average molecular weight is 177 g/mol. The lowest BCUT2D eigenvalue weighted by Gasteiger charge is -2.12. The van der Waals surface area contributed by atoms with Crippen LogP contribution in [0.4, 0.5) is 0 Å². The van der Waals surface area contributed by atoms with Crippen LogP contribution in [0.15, 0.2) is 24.5 Å². The fraction of sp³-hybridized carbons (Fsp3) is 0.333. The second-order valence-corrected chi connectivity index (χ2v) is 3.51. The van der Waals surface area contributed by atoms with E-state index in [1.807, 2.05) is 0 Å². The maximum Gasteiger partial charge on any atom is 0.155 e. The molecule has 0 aliphatic carbocycles. The van der Waals surface area contributed by atoms with Gasteiger partial charge in [0, 0.05) is 18.5 Å². The van der Waals surface area contributed by atoms with Gasteiger partial charge in [-0.2, -0.15) is 5.10 Å². The van der Waals surface area contributed by atoms with Crippen molar-refractivity contribution in [1.82, 2.24) is 14.6 Å². The van der Waals surface area contributed by atoms with Crippen molar-refractivity contribution in [1.29, 1.82) is 0 Å². The Balaban J connectivity index is 2.63. The summed E-state index contributed by atoms with van der Waals surface area (Å²) >= 11 is 0. The van der Waals surface area contributed by atoms with Crippen LogP contribution in [0.25, 0.3) is 5.65 Å². The quantitative estimate of drug-likeness (QED) is 0.705. The molecule has 0 radical (unpaired) electrons. The van der Waals surface area contributed by atoms with Crippen molar-refractivity contribution < 1.29 is 5.11 Å². The molecule has 0 saturated carbocycles. The highest BCUT2D eigenvalue weighted by atomic mass is 16.3. The Kier molecular flexibility index (Phi) is 1.60. The summed E-state index contributed by atoms with van der Waals surface area (Å²) in [5.74, 6) is 0. The largest absolute Gasteiger partial charge is 0.384 e. The number of fused-ring (bicyclic) bond motifs is 1. The van der Waals surface area contributed by atoms with Crippen LogP contribution in [0.1, 0.15) is 19.5 Å². The predicted molar refractivity (Wildman–Crippen MR) is 48.2 cm³/mol. The summed E-state index contributed by atoms with van der Waals surface area (Å²) in [6, 6.07) is 3.58. The van der Waals surface area contributed by atoms with Gasteiger partial charge in [0.1, 0.15) is 5.60 Å². The maximum atomic E-state index is 9.69. The molecule has 2 aromatic rings. The molecular weight excluding hydrogens is 166 g/mol. The predicted octanol–water partition coefficient (Wildman–Crippen LogP) is 0.957. The number of nitrogens with zero attached hydrogens (tertiary/aromatic N) is 3. The molecule has 0 atom stereocenters. The molecule has 4 nitrogen and oxygen atoms in total. The minimum Gasteiger partial charge on any atom is -0.384 e. The average Bonchev–Trinajstić information content (AvgIpc) is 2.45. The van der Waals surface area contributed by atoms with Crippen molar-refractivity contribution in [2.45, 2.75) is 19.4 Å². The first-order valence-electron chi connectivity index (χ1n) is 4.10. The van der Waals surface area contributed by atoms with Crippen LogP contribution in [0, 0.1) is 0 Å². The van der Waals surface area contributed by atoms with Crippen molar-refractivity contribution in [2.75, 3.05) is 0 Å². The molecule has 2 rings (SSSR count). The Labute approximate surface area is 75.8 Å². The van der Waals surface area contributed by atoms with E-state index in [0.717, 1.165) is 5.65 Å². The number of aromatic nitrogens is 3. The monoisotopic (exact) mass is 177 g/mol. The van der Waals surface area contributed by atoms with Gasteiger partial charge in [0.15, 0.2) is 5.65 Å². The van der Waals surface area contributed by atoms with E-state index in [1.165, 1.54) is 0 Å². The van der Waals surface area contributed by atoms with E-state index in [-0.39, 0.29) is 0 Å². The van der Waals surface area contributed by atoms with Gasteiger partial charge in [-0.25, -0.2) is 9.50 Å². The van der Waals surface area contributed by atoms with Crippen LogP contribution in [-0.2, 0) is 5.60 Å². The van der Waals surface area contributed by atoms with Crippen molar-refractivity contribution >= 4 is 5.65 Å². The topological polar surface area (TPSA) is 50.4 Å². The van der Waals surface area contributed by atoms with E-state index in [2.05, 4.69) is 10.1 Å². The molecule has 0 aliphatic rings. The Hall–Kier alpha value is -1.42. The van der Waals surface area contributed by atoms with Crippen LogP contribution in [-0.4, -0.2) is 19.7 Å². The number of rotatable bonds is 1. The fourth-order valence-electron chi connectivity index (χ4n) is 1.13. The third-order valence-corrected chi connectivity index (χ3v) is 1.86. The summed E-state index contributed by atoms with van der Waals surface area (Å²) in [4.78, 5) is 4.10. The van der Waals surface area contributed by atoms with Gasteiger partial charge in [-0.3, -0.25) is 0 Å². The molecule has 0 aliphatic heterocycles. The maximum absolute atomic E-state index is 9.69. The Morgan fingerprint density at radius 2 is 2.23 bits per heavy atom. The molecule has 0 saturated heterocycles. The smallest absolute Gasteiger partial charge is 0.155 e. The lowest BCUT2D eigenvalue weighted by Crippen LogP contribution is -2.16. The summed E-state index contributed by atoms with van der Waals surface area (Å²) < 4.78 is 1.65. The van der Waals surface area contributed by atoms with Gasteiger partial charge in [0.2, 0.25) is 0 Å². The summed E-state index contributed by atoms with van der Waals surface area (Å²) in [5.41, 5.74) is 0.471. The van der Waals surface area contributed by atoms with Crippen LogP contribution in [0.5, 0.6) is 0 Å². The van der Waals surface area contributed by atoms with Crippen LogP contribution >= 0.6 is 0 Å². The third kappa shape index (κ3) is 1.40. The molecule has 68 valence electrons. The second kappa shape index (κ2) is 2.53. The summed E-state index contributed by atoms with van der Waals surface area (Å²) in [5, 5.41) is 13.9. The number of aliphatic hydroxyl groups is 1. The zero-order valence-electron chi connectivity index (χ0n) is 7.60. The summed E-state index contributed by atoms with van der Waals surface area (Å²) in [6.07, 6.45) is 3.50. The van der Waals surface area contributed by atoms with Crippen LogP contribution in [0.2, 0.25) is 0 Å². The summed E-state index contributed by atoms with van der Waals surface area (Å²) in [6.45, 7) is 3.41. The van der Waals surface area contributed by atoms with Crippen molar-refractivity contribution in [3.8, 4) is 0 Å². The molecule has 0 amide bonds. The molecule has 0 bridgehead atoms. The molecule has 2 heterocycles. The van der Waals surface area contributed by atoms with E-state index in [0.29, 0.717) is 5.69 Å². The normalized spacial score (nSPS) is 12.2. The zero-order valence-corrected chi connectivity index (χ0v) is 7.60. The Morgan fingerprint density at radius 3 is 2.85 bits per heavy atom. The van der Waals surface area contributed by atoms with Crippen LogP contribution < -0.4 is 0 Å². The highest BCUT2D eigenvalue weighted by molar-refractivity contribution is 5.39. The SMILES string of the molecule is CC(C)(O)c1cc2ncccn2n1. The highest BCUT2D eigenvalue weighted by Crippen LogP contribution is 2.18. The molecule has 0 fully saturated rings. The first kappa shape index (κ1) is 8.19. The van der Waals surface area contributed by atoms with E-state index in [1.54, 1.807) is 42.9 Å². The number of hydrogen-bond acceptors (Lipinski definition) is 3. The molecule has 1 N–H and O–H groups in total. The minimum atomic E-state index is -0.909. The van der Waals surface area contributed by atoms with E-state index in [4.69, 9.17) is 0 Å². The van der Waals surface area contributed by atoms with Gasteiger partial charge in [-0.15, -0.1) is 0 Å². The lowest BCUT2D eigenvalue weighted by atomic mass is 10.1. The molecule has 13 heavy (non-hydrogen) atoms. The Morgan fingerprint density at radius 1 is 1.46 bits per heavy atom.